The molecule has 1 aliphatic heterocycles. The van der Waals surface area contributed by atoms with Crippen LogP contribution in [0.15, 0.2) is 0 Å². The third-order valence-corrected chi connectivity index (χ3v) is 2.76. The van der Waals surface area contributed by atoms with Crippen LogP contribution in [0.4, 0.5) is 0 Å². The first-order valence-corrected chi connectivity index (χ1v) is 6.71. The topological polar surface area (TPSA) is 27.7 Å². The fraction of sp³-hybridized carbons (Fsp3) is 1.00. The number of hydrogen-bond donors (Lipinski definition) is 0. The van der Waals surface area contributed by atoms with E-state index in [1.54, 1.807) is 0 Å². The minimum Gasteiger partial charge on any atom is -0.379 e. The van der Waals surface area contributed by atoms with E-state index in [4.69, 9.17) is 14.2 Å². The van der Waals surface area contributed by atoms with Gasteiger partial charge in [0.1, 0.15) is 6.10 Å². The second-order valence-corrected chi connectivity index (χ2v) is 4.45. The molecule has 0 aliphatic carbocycles. The van der Waals surface area contributed by atoms with Gasteiger partial charge in [0, 0.05) is 6.61 Å². The monoisotopic (exact) mass is 230 g/mol. The zero-order valence-electron chi connectivity index (χ0n) is 10.7. The Morgan fingerprint density at radius 3 is 2.75 bits per heavy atom. The van der Waals surface area contributed by atoms with Crippen LogP contribution < -0.4 is 0 Å². The van der Waals surface area contributed by atoms with Crippen molar-refractivity contribution < 1.29 is 14.2 Å². The normalized spacial score (nSPS) is 25.1. The molecule has 1 heterocycles. The van der Waals surface area contributed by atoms with E-state index in [-0.39, 0.29) is 12.4 Å². The molecule has 3 nitrogen and oxygen atoms in total. The molecule has 0 aromatic rings. The van der Waals surface area contributed by atoms with Gasteiger partial charge in [-0.2, -0.15) is 0 Å². The molecule has 0 saturated carbocycles. The molecular weight excluding hydrogens is 204 g/mol. The third-order valence-electron chi connectivity index (χ3n) is 2.76. The Morgan fingerprint density at radius 1 is 1.12 bits per heavy atom. The van der Waals surface area contributed by atoms with E-state index in [0.717, 1.165) is 19.4 Å². The minimum atomic E-state index is 0.0204. The van der Waals surface area contributed by atoms with Gasteiger partial charge < -0.3 is 14.2 Å². The average Bonchev–Trinajstić information content (AvgIpc) is 2.73. The third kappa shape index (κ3) is 5.83. The summed E-state index contributed by atoms with van der Waals surface area (Å²) in [5.74, 6) is 0. The van der Waals surface area contributed by atoms with Crippen molar-refractivity contribution in [3.8, 4) is 0 Å². The lowest BCUT2D eigenvalue weighted by Crippen LogP contribution is -2.19. The number of ether oxygens (including phenoxy) is 3. The largest absolute Gasteiger partial charge is 0.379 e. The molecule has 0 spiro atoms. The predicted octanol–water partition coefficient (Wildman–Crippen LogP) is 3.12. The molecule has 0 aromatic carbocycles. The van der Waals surface area contributed by atoms with Crippen LogP contribution in [0.3, 0.4) is 0 Å². The van der Waals surface area contributed by atoms with Crippen LogP contribution in [0, 0.1) is 0 Å². The summed E-state index contributed by atoms with van der Waals surface area (Å²) in [6.07, 6.45) is 7.36. The highest BCUT2D eigenvalue weighted by atomic mass is 16.7. The summed E-state index contributed by atoms with van der Waals surface area (Å²) >= 11 is 0. The molecule has 0 N–H and O–H groups in total. The van der Waals surface area contributed by atoms with E-state index >= 15 is 0 Å². The van der Waals surface area contributed by atoms with Crippen molar-refractivity contribution in [3.05, 3.63) is 0 Å². The molecule has 1 fully saturated rings. The highest BCUT2D eigenvalue weighted by Gasteiger charge is 2.25. The lowest BCUT2D eigenvalue weighted by Gasteiger charge is -2.11. The van der Waals surface area contributed by atoms with Crippen LogP contribution in [0.5, 0.6) is 0 Å². The second-order valence-electron chi connectivity index (χ2n) is 4.45. The molecule has 0 amide bonds. The number of unbranched alkanes of at least 4 members (excludes halogenated alkanes) is 3. The van der Waals surface area contributed by atoms with E-state index in [0.29, 0.717) is 13.2 Å². The first-order valence-electron chi connectivity index (χ1n) is 6.71. The molecule has 0 aromatic heterocycles. The Labute approximate surface area is 99.5 Å². The molecule has 2 atom stereocenters. The van der Waals surface area contributed by atoms with Gasteiger partial charge >= 0.3 is 0 Å². The maximum absolute atomic E-state index is 5.74. The Bertz CT molecular complexity index is 161. The molecule has 0 radical (unpaired) electrons. The van der Waals surface area contributed by atoms with Crippen molar-refractivity contribution in [1.82, 2.24) is 0 Å². The number of hydrogen-bond acceptors (Lipinski definition) is 3. The van der Waals surface area contributed by atoms with Crippen molar-refractivity contribution >= 4 is 0 Å². The van der Waals surface area contributed by atoms with Crippen LogP contribution in [0.2, 0.25) is 0 Å². The standard InChI is InChI=1S/C13H26O3/c1-3-5-6-7-8-13-15-11-12(16-13)10-14-9-4-2/h12-13H,3-11H2,1-2H3/t12-,13-/m1/s1. The molecule has 0 unspecified atom stereocenters. The summed E-state index contributed by atoms with van der Waals surface area (Å²) in [7, 11) is 0. The molecule has 1 rings (SSSR count). The molecule has 1 aliphatic rings. The van der Waals surface area contributed by atoms with Gasteiger partial charge in [-0.15, -0.1) is 0 Å². The zero-order valence-corrected chi connectivity index (χ0v) is 10.7. The second kappa shape index (κ2) is 8.97. The molecule has 96 valence electrons. The summed E-state index contributed by atoms with van der Waals surface area (Å²) in [5.41, 5.74) is 0. The van der Waals surface area contributed by atoms with Gasteiger partial charge in [0.15, 0.2) is 6.29 Å². The van der Waals surface area contributed by atoms with Gasteiger partial charge in [-0.3, -0.25) is 0 Å². The summed E-state index contributed by atoms with van der Waals surface area (Å²) in [6, 6.07) is 0. The van der Waals surface area contributed by atoms with Gasteiger partial charge in [-0.1, -0.05) is 33.1 Å². The maximum atomic E-state index is 5.74. The van der Waals surface area contributed by atoms with Gasteiger partial charge in [-0.25, -0.2) is 0 Å². The van der Waals surface area contributed by atoms with Crippen molar-refractivity contribution in [2.45, 2.75) is 64.8 Å². The van der Waals surface area contributed by atoms with E-state index in [9.17, 15) is 0 Å². The fourth-order valence-corrected chi connectivity index (χ4v) is 1.84. The highest BCUT2D eigenvalue weighted by molar-refractivity contribution is 4.64. The van der Waals surface area contributed by atoms with Crippen molar-refractivity contribution in [3.63, 3.8) is 0 Å². The summed E-state index contributed by atoms with van der Waals surface area (Å²) < 4.78 is 16.8. The Balaban J connectivity index is 1.97. The molecule has 16 heavy (non-hydrogen) atoms. The van der Waals surface area contributed by atoms with Gasteiger partial charge in [0.25, 0.3) is 0 Å². The van der Waals surface area contributed by atoms with E-state index in [2.05, 4.69) is 13.8 Å². The quantitative estimate of drug-likeness (QED) is 0.570. The predicted molar refractivity (Wildman–Crippen MR) is 64.5 cm³/mol. The summed E-state index contributed by atoms with van der Waals surface area (Å²) in [6.45, 7) is 6.54. The van der Waals surface area contributed by atoms with E-state index in [1.165, 1.54) is 25.7 Å². The SMILES string of the molecule is CCCCCC[C@@H]1OC[C@@H](COCCC)O1. The average molecular weight is 230 g/mol. The van der Waals surface area contributed by atoms with Crippen LogP contribution >= 0.6 is 0 Å². The first kappa shape index (κ1) is 13.9. The number of rotatable bonds is 9. The van der Waals surface area contributed by atoms with Crippen LogP contribution in [0.25, 0.3) is 0 Å². The Hall–Kier alpha value is -0.120. The van der Waals surface area contributed by atoms with Crippen LogP contribution in [-0.2, 0) is 14.2 Å². The summed E-state index contributed by atoms with van der Waals surface area (Å²) in [5, 5.41) is 0. The molecule has 1 saturated heterocycles. The van der Waals surface area contributed by atoms with Crippen molar-refractivity contribution in [1.29, 1.82) is 0 Å². The lowest BCUT2D eigenvalue weighted by molar-refractivity contribution is -0.0759. The smallest absolute Gasteiger partial charge is 0.158 e. The van der Waals surface area contributed by atoms with Crippen LogP contribution in [-0.4, -0.2) is 32.2 Å². The maximum Gasteiger partial charge on any atom is 0.158 e. The molecule has 0 bridgehead atoms. The van der Waals surface area contributed by atoms with Gasteiger partial charge in [0.05, 0.1) is 13.2 Å². The van der Waals surface area contributed by atoms with Gasteiger partial charge in [-0.05, 0) is 19.3 Å². The van der Waals surface area contributed by atoms with Crippen LogP contribution in [0.1, 0.15) is 52.4 Å². The molecule has 3 heteroatoms. The minimum absolute atomic E-state index is 0.0204. The van der Waals surface area contributed by atoms with Gasteiger partial charge in [0.2, 0.25) is 0 Å². The Morgan fingerprint density at radius 2 is 2.00 bits per heavy atom. The van der Waals surface area contributed by atoms with Crippen molar-refractivity contribution in [2.75, 3.05) is 19.8 Å². The zero-order chi connectivity index (χ0) is 11.6. The molecular formula is C13H26O3. The van der Waals surface area contributed by atoms with E-state index < -0.39 is 0 Å². The summed E-state index contributed by atoms with van der Waals surface area (Å²) in [4.78, 5) is 0. The van der Waals surface area contributed by atoms with Crippen molar-refractivity contribution in [2.24, 2.45) is 0 Å². The lowest BCUT2D eigenvalue weighted by atomic mass is 10.1. The van der Waals surface area contributed by atoms with E-state index in [1.807, 2.05) is 0 Å². The first-order chi connectivity index (χ1) is 7.86. The highest BCUT2D eigenvalue weighted by Crippen LogP contribution is 2.17. The fourth-order valence-electron chi connectivity index (χ4n) is 1.84. The Kier molecular flexibility index (Phi) is 7.81.